The van der Waals surface area contributed by atoms with Gasteiger partial charge in [0.2, 0.25) is 0 Å². The van der Waals surface area contributed by atoms with E-state index in [1.165, 1.54) is 111 Å². The number of unbranched alkanes of at least 4 members (excludes halogenated alkanes) is 1. The first-order valence-electron chi connectivity index (χ1n) is 19.3. The van der Waals surface area contributed by atoms with Crippen molar-refractivity contribution in [1.82, 2.24) is 9.13 Å². The normalized spacial score (nSPS) is 12.0. The number of nitrogens with zero attached hydrogens (tertiary/aromatic N) is 2. The van der Waals surface area contributed by atoms with Crippen LogP contribution >= 0.6 is 0 Å². The molecule has 0 unspecified atom stereocenters. The highest BCUT2D eigenvalue weighted by atomic mass is 15.0. The van der Waals surface area contributed by atoms with E-state index >= 15 is 0 Å². The summed E-state index contributed by atoms with van der Waals surface area (Å²) >= 11 is 0. The molecular formula is C52H38N2. The van der Waals surface area contributed by atoms with E-state index in [9.17, 15) is 0 Å². The number of hydrogen-bond acceptors (Lipinski definition) is 0. The Morgan fingerprint density at radius 1 is 0.352 bits per heavy atom. The van der Waals surface area contributed by atoms with Crippen molar-refractivity contribution in [3.63, 3.8) is 0 Å². The highest BCUT2D eigenvalue weighted by Crippen LogP contribution is 2.43. The molecule has 0 saturated heterocycles. The molecule has 0 aliphatic heterocycles. The molecule has 0 amide bonds. The Balaban J connectivity index is 1.16. The maximum Gasteiger partial charge on any atom is 0.0548 e. The second-order valence-corrected chi connectivity index (χ2v) is 14.7. The lowest BCUT2D eigenvalue weighted by Gasteiger charge is -2.15. The molecule has 256 valence electrons. The number of fused-ring (bicyclic) bond motifs is 13. The largest absolute Gasteiger partial charge is 0.309 e. The van der Waals surface area contributed by atoms with Gasteiger partial charge in [-0.05, 0) is 110 Å². The van der Waals surface area contributed by atoms with E-state index in [2.05, 4.69) is 192 Å². The minimum atomic E-state index is 1.12. The van der Waals surface area contributed by atoms with E-state index in [0.717, 1.165) is 12.1 Å². The molecule has 0 fully saturated rings. The average molecular weight is 691 g/mol. The maximum atomic E-state index is 2.48. The molecule has 9 aromatic carbocycles. The molecule has 0 spiro atoms. The molecule has 0 aliphatic rings. The number of rotatable bonds is 6. The topological polar surface area (TPSA) is 9.86 Å². The van der Waals surface area contributed by atoms with Crippen LogP contribution in [0.3, 0.4) is 0 Å². The first kappa shape index (κ1) is 30.9. The molecule has 0 bridgehead atoms. The number of hydrogen-bond donors (Lipinski definition) is 0. The quantitative estimate of drug-likeness (QED) is 0.154. The molecule has 0 saturated carbocycles. The van der Waals surface area contributed by atoms with E-state index in [1.807, 2.05) is 0 Å². The lowest BCUT2D eigenvalue weighted by molar-refractivity contribution is 0.796. The number of benzene rings is 9. The fourth-order valence-corrected chi connectivity index (χ4v) is 9.18. The summed E-state index contributed by atoms with van der Waals surface area (Å²) in [6.07, 6.45) is 3.55. The monoisotopic (exact) mass is 690 g/mol. The fraction of sp³-hybridized carbons (Fsp3) is 0.0769. The lowest BCUT2D eigenvalue weighted by atomic mass is 9.92. The van der Waals surface area contributed by atoms with Crippen LogP contribution in [0.4, 0.5) is 0 Å². The van der Waals surface area contributed by atoms with Gasteiger partial charge in [0.25, 0.3) is 0 Å². The molecule has 2 nitrogen and oxygen atoms in total. The van der Waals surface area contributed by atoms with Gasteiger partial charge in [-0.2, -0.15) is 0 Å². The van der Waals surface area contributed by atoms with E-state index in [4.69, 9.17) is 0 Å². The summed E-state index contributed by atoms with van der Waals surface area (Å²) in [6, 6.07) is 65.3. The van der Waals surface area contributed by atoms with Crippen molar-refractivity contribution in [3.8, 4) is 22.5 Å². The second kappa shape index (κ2) is 12.2. The smallest absolute Gasteiger partial charge is 0.0548 e. The van der Waals surface area contributed by atoms with Crippen molar-refractivity contribution >= 4 is 75.9 Å². The Kier molecular flexibility index (Phi) is 7.00. The van der Waals surface area contributed by atoms with E-state index in [0.29, 0.717) is 0 Å². The summed E-state index contributed by atoms with van der Waals surface area (Å²) in [7, 11) is 0. The van der Waals surface area contributed by atoms with E-state index in [1.54, 1.807) is 0 Å². The SMILES string of the molecule is CCCCc1ccc2c3ccc(-n4c5ccccc5c5c6c7ccccc7n(-c7ccc(-c8ccccc8)cc7)c6ccc54)cc3c3ccccc3c2c1. The summed E-state index contributed by atoms with van der Waals surface area (Å²) in [5, 5.41) is 13.0. The summed E-state index contributed by atoms with van der Waals surface area (Å²) in [6.45, 7) is 2.27. The van der Waals surface area contributed by atoms with E-state index < -0.39 is 0 Å². The Hall–Kier alpha value is -6.64. The van der Waals surface area contributed by atoms with Gasteiger partial charge in [0.05, 0.1) is 22.1 Å². The number of aryl methyl sites for hydroxylation is 1. The average Bonchev–Trinajstić information content (AvgIpc) is 3.76. The van der Waals surface area contributed by atoms with Gasteiger partial charge in [-0.1, -0.05) is 141 Å². The van der Waals surface area contributed by atoms with Crippen LogP contribution in [0.15, 0.2) is 176 Å². The van der Waals surface area contributed by atoms with Crippen molar-refractivity contribution in [2.45, 2.75) is 26.2 Å². The molecule has 11 rings (SSSR count). The van der Waals surface area contributed by atoms with Gasteiger partial charge in [-0.25, -0.2) is 0 Å². The second-order valence-electron chi connectivity index (χ2n) is 14.7. The van der Waals surface area contributed by atoms with Crippen LogP contribution < -0.4 is 0 Å². The Bertz CT molecular complexity index is 3210. The predicted octanol–water partition coefficient (Wildman–Crippen LogP) is 14.3. The van der Waals surface area contributed by atoms with Crippen LogP contribution in [-0.4, -0.2) is 9.13 Å². The third-order valence-electron chi connectivity index (χ3n) is 11.7. The minimum Gasteiger partial charge on any atom is -0.309 e. The molecule has 54 heavy (non-hydrogen) atoms. The van der Waals surface area contributed by atoms with Crippen LogP contribution in [0, 0.1) is 0 Å². The van der Waals surface area contributed by atoms with Crippen molar-refractivity contribution < 1.29 is 0 Å². The van der Waals surface area contributed by atoms with Gasteiger partial charge in [0.1, 0.15) is 0 Å². The summed E-state index contributed by atoms with van der Waals surface area (Å²) in [5.74, 6) is 0. The molecule has 11 aromatic rings. The molecule has 2 heteroatoms. The molecule has 2 aromatic heterocycles. The van der Waals surface area contributed by atoms with Gasteiger partial charge in [-0.15, -0.1) is 0 Å². The van der Waals surface area contributed by atoms with Crippen molar-refractivity contribution in [3.05, 3.63) is 181 Å². The fourth-order valence-electron chi connectivity index (χ4n) is 9.18. The first-order chi connectivity index (χ1) is 26.8. The Labute approximate surface area is 314 Å². The Morgan fingerprint density at radius 3 is 1.46 bits per heavy atom. The number of aromatic nitrogens is 2. The predicted molar refractivity (Wildman–Crippen MR) is 232 cm³/mol. The summed E-state index contributed by atoms with van der Waals surface area (Å²) < 4.78 is 4.92. The zero-order valence-electron chi connectivity index (χ0n) is 30.3. The zero-order chi connectivity index (χ0) is 35.8. The van der Waals surface area contributed by atoms with Crippen LogP contribution in [0.1, 0.15) is 25.3 Å². The van der Waals surface area contributed by atoms with Crippen molar-refractivity contribution in [1.29, 1.82) is 0 Å². The highest BCUT2D eigenvalue weighted by molar-refractivity contribution is 6.29. The van der Waals surface area contributed by atoms with Crippen molar-refractivity contribution in [2.24, 2.45) is 0 Å². The molecule has 0 radical (unpaired) electrons. The zero-order valence-corrected chi connectivity index (χ0v) is 30.3. The van der Waals surface area contributed by atoms with Crippen LogP contribution in [0.2, 0.25) is 0 Å². The maximum absolute atomic E-state index is 2.48. The lowest BCUT2D eigenvalue weighted by Crippen LogP contribution is -1.95. The van der Waals surface area contributed by atoms with Crippen LogP contribution in [-0.2, 0) is 6.42 Å². The molecule has 0 N–H and O–H groups in total. The summed E-state index contributed by atoms with van der Waals surface area (Å²) in [5.41, 5.74) is 11.1. The Morgan fingerprint density at radius 2 is 0.833 bits per heavy atom. The van der Waals surface area contributed by atoms with Crippen molar-refractivity contribution in [2.75, 3.05) is 0 Å². The molecule has 2 heterocycles. The van der Waals surface area contributed by atoms with Gasteiger partial charge in [-0.3, -0.25) is 0 Å². The van der Waals surface area contributed by atoms with Gasteiger partial charge >= 0.3 is 0 Å². The molecular weight excluding hydrogens is 653 g/mol. The highest BCUT2D eigenvalue weighted by Gasteiger charge is 2.21. The third-order valence-corrected chi connectivity index (χ3v) is 11.7. The first-order valence-corrected chi connectivity index (χ1v) is 19.3. The molecule has 0 aliphatic carbocycles. The number of para-hydroxylation sites is 2. The van der Waals surface area contributed by atoms with Gasteiger partial charge < -0.3 is 9.13 Å². The standard InChI is InChI=1S/C52H38N2/c1-2-3-13-34-22-28-41-42-29-27-38(33-46(42)40-17-8-7-16-39(40)45(41)32-34)54-48-21-12-10-19-44(48)52-50(54)31-30-49-51(52)43-18-9-11-20-47(43)53(49)37-25-23-36(24-26-37)35-14-5-4-6-15-35/h4-12,14-33H,2-3,13H2,1H3. The van der Waals surface area contributed by atoms with Gasteiger partial charge in [0, 0.05) is 32.9 Å². The third kappa shape index (κ3) is 4.60. The minimum absolute atomic E-state index is 1.12. The summed E-state index contributed by atoms with van der Waals surface area (Å²) in [4.78, 5) is 0. The molecule has 0 atom stereocenters. The van der Waals surface area contributed by atoms with Crippen LogP contribution in [0.5, 0.6) is 0 Å². The van der Waals surface area contributed by atoms with E-state index in [-0.39, 0.29) is 0 Å². The van der Waals surface area contributed by atoms with Crippen LogP contribution in [0.25, 0.3) is 98.4 Å². The van der Waals surface area contributed by atoms with Gasteiger partial charge in [0.15, 0.2) is 0 Å².